The number of carbonyl (C=O) groups is 1. The molecule has 134 valence electrons. The molecule has 4 nitrogen and oxygen atoms in total. The number of nitrogens with zero attached hydrogens (tertiary/aromatic N) is 1. The van der Waals surface area contributed by atoms with Gasteiger partial charge in [0.2, 0.25) is 0 Å². The molecule has 3 aromatic rings. The van der Waals surface area contributed by atoms with Gasteiger partial charge in [-0.05, 0) is 30.5 Å². The van der Waals surface area contributed by atoms with Crippen molar-refractivity contribution in [3.63, 3.8) is 0 Å². The van der Waals surface area contributed by atoms with Crippen LogP contribution in [0.4, 0.5) is 0 Å². The Balaban J connectivity index is 1.84. The van der Waals surface area contributed by atoms with Gasteiger partial charge in [0, 0.05) is 12.1 Å². The third-order valence-electron chi connectivity index (χ3n) is 4.23. The average molecular weight is 389 g/mol. The number of rotatable bonds is 5. The lowest BCUT2D eigenvalue weighted by Gasteiger charge is -2.13. The maximum Gasteiger partial charge on any atom is 0.257 e. The second-order valence-corrected chi connectivity index (χ2v) is 6.90. The SMILES string of the molecule is Cc1onc(-c2c(Cl)cccc2Cl)c1C(=O)NCC(C)c1ccccc1. The molecule has 1 amide bonds. The molecule has 0 saturated heterocycles. The number of nitrogens with one attached hydrogen (secondary N) is 1. The van der Waals surface area contributed by atoms with Gasteiger partial charge in [-0.15, -0.1) is 0 Å². The normalized spacial score (nSPS) is 12.0. The van der Waals surface area contributed by atoms with Crippen LogP contribution in [-0.4, -0.2) is 17.6 Å². The van der Waals surface area contributed by atoms with Crippen LogP contribution in [0, 0.1) is 6.92 Å². The van der Waals surface area contributed by atoms with Gasteiger partial charge in [-0.25, -0.2) is 0 Å². The van der Waals surface area contributed by atoms with Gasteiger partial charge in [0.15, 0.2) is 0 Å². The van der Waals surface area contributed by atoms with Gasteiger partial charge in [-0.2, -0.15) is 0 Å². The van der Waals surface area contributed by atoms with Crippen LogP contribution in [-0.2, 0) is 0 Å². The maximum atomic E-state index is 12.8. The van der Waals surface area contributed by atoms with Gasteiger partial charge in [0.25, 0.3) is 5.91 Å². The first-order valence-corrected chi connectivity index (χ1v) is 8.98. The lowest BCUT2D eigenvalue weighted by atomic mass is 10.0. The first-order valence-electron chi connectivity index (χ1n) is 8.22. The van der Waals surface area contributed by atoms with Crippen molar-refractivity contribution >= 4 is 29.1 Å². The number of aryl methyl sites for hydroxylation is 1. The van der Waals surface area contributed by atoms with Crippen LogP contribution in [0.2, 0.25) is 10.0 Å². The predicted octanol–water partition coefficient (Wildman–Crippen LogP) is 5.49. The first-order chi connectivity index (χ1) is 12.5. The minimum Gasteiger partial charge on any atom is -0.360 e. The molecule has 1 unspecified atom stereocenters. The molecule has 0 fully saturated rings. The van der Waals surface area contributed by atoms with Crippen molar-refractivity contribution in [2.45, 2.75) is 19.8 Å². The summed E-state index contributed by atoms with van der Waals surface area (Å²) in [6.07, 6.45) is 0. The van der Waals surface area contributed by atoms with E-state index in [4.69, 9.17) is 27.7 Å². The Morgan fingerprint density at radius 2 is 1.77 bits per heavy atom. The summed E-state index contributed by atoms with van der Waals surface area (Å²) in [5.41, 5.74) is 2.35. The van der Waals surface area contributed by atoms with Crippen molar-refractivity contribution in [2.24, 2.45) is 0 Å². The largest absolute Gasteiger partial charge is 0.360 e. The Morgan fingerprint density at radius 1 is 1.12 bits per heavy atom. The van der Waals surface area contributed by atoms with E-state index in [1.165, 1.54) is 0 Å². The highest BCUT2D eigenvalue weighted by molar-refractivity contribution is 6.39. The smallest absolute Gasteiger partial charge is 0.257 e. The molecule has 0 aliphatic carbocycles. The number of benzene rings is 2. The lowest BCUT2D eigenvalue weighted by Crippen LogP contribution is -2.28. The summed E-state index contributed by atoms with van der Waals surface area (Å²) in [4.78, 5) is 12.8. The van der Waals surface area contributed by atoms with Crippen LogP contribution in [0.3, 0.4) is 0 Å². The molecule has 1 N–H and O–H groups in total. The predicted molar refractivity (Wildman–Crippen MR) is 104 cm³/mol. The molecule has 0 aliphatic heterocycles. The van der Waals surface area contributed by atoms with Gasteiger partial charge in [-0.3, -0.25) is 4.79 Å². The highest BCUT2D eigenvalue weighted by Gasteiger charge is 2.25. The van der Waals surface area contributed by atoms with Gasteiger partial charge < -0.3 is 9.84 Å². The van der Waals surface area contributed by atoms with Crippen molar-refractivity contribution in [1.29, 1.82) is 0 Å². The molecule has 0 saturated carbocycles. The fraction of sp³-hybridized carbons (Fsp3) is 0.200. The lowest BCUT2D eigenvalue weighted by molar-refractivity contribution is 0.0950. The van der Waals surface area contributed by atoms with E-state index in [1.54, 1.807) is 25.1 Å². The van der Waals surface area contributed by atoms with Gasteiger partial charge in [0.05, 0.1) is 10.0 Å². The molecule has 3 rings (SSSR count). The molecule has 1 atom stereocenters. The van der Waals surface area contributed by atoms with Crippen LogP contribution in [0.25, 0.3) is 11.3 Å². The van der Waals surface area contributed by atoms with E-state index in [1.807, 2.05) is 30.3 Å². The van der Waals surface area contributed by atoms with E-state index >= 15 is 0 Å². The maximum absolute atomic E-state index is 12.8. The van der Waals surface area contributed by atoms with Crippen molar-refractivity contribution in [3.05, 3.63) is 75.5 Å². The van der Waals surface area contributed by atoms with Gasteiger partial charge in [0.1, 0.15) is 17.0 Å². The number of aromatic nitrogens is 1. The molecule has 1 heterocycles. The highest BCUT2D eigenvalue weighted by atomic mass is 35.5. The molecule has 0 radical (unpaired) electrons. The summed E-state index contributed by atoms with van der Waals surface area (Å²) < 4.78 is 5.24. The van der Waals surface area contributed by atoms with Crippen molar-refractivity contribution in [2.75, 3.05) is 6.54 Å². The Kier molecular flexibility index (Phi) is 5.64. The van der Waals surface area contributed by atoms with Gasteiger partial charge in [-0.1, -0.05) is 71.7 Å². The molecule has 26 heavy (non-hydrogen) atoms. The second kappa shape index (κ2) is 7.94. The zero-order chi connectivity index (χ0) is 18.7. The number of carbonyl (C=O) groups excluding carboxylic acids is 1. The fourth-order valence-corrected chi connectivity index (χ4v) is 3.34. The Bertz CT molecular complexity index is 903. The van der Waals surface area contributed by atoms with Crippen molar-refractivity contribution in [1.82, 2.24) is 10.5 Å². The highest BCUT2D eigenvalue weighted by Crippen LogP contribution is 2.36. The van der Waals surface area contributed by atoms with E-state index in [-0.39, 0.29) is 11.8 Å². The number of amides is 1. The molecule has 1 aromatic heterocycles. The number of halogens is 2. The molecule has 6 heteroatoms. The zero-order valence-electron chi connectivity index (χ0n) is 14.4. The summed E-state index contributed by atoms with van der Waals surface area (Å²) in [5, 5.41) is 7.79. The summed E-state index contributed by atoms with van der Waals surface area (Å²) in [6, 6.07) is 15.1. The Morgan fingerprint density at radius 3 is 2.42 bits per heavy atom. The summed E-state index contributed by atoms with van der Waals surface area (Å²) in [6.45, 7) is 4.24. The first kappa shape index (κ1) is 18.5. The minimum atomic E-state index is -0.266. The van der Waals surface area contributed by atoms with Crippen LogP contribution in [0.15, 0.2) is 53.1 Å². The second-order valence-electron chi connectivity index (χ2n) is 6.08. The van der Waals surface area contributed by atoms with Crippen LogP contribution in [0.1, 0.15) is 34.5 Å². The van der Waals surface area contributed by atoms with E-state index < -0.39 is 0 Å². The van der Waals surface area contributed by atoms with E-state index in [0.29, 0.717) is 39.2 Å². The third-order valence-corrected chi connectivity index (χ3v) is 4.86. The van der Waals surface area contributed by atoms with E-state index in [2.05, 4.69) is 17.4 Å². The Labute approximate surface area is 162 Å². The third kappa shape index (κ3) is 3.76. The quantitative estimate of drug-likeness (QED) is 0.628. The number of hydrogen-bond acceptors (Lipinski definition) is 3. The molecular weight excluding hydrogens is 371 g/mol. The van der Waals surface area contributed by atoms with E-state index in [0.717, 1.165) is 5.56 Å². The van der Waals surface area contributed by atoms with Crippen molar-refractivity contribution in [3.8, 4) is 11.3 Å². The fourth-order valence-electron chi connectivity index (χ4n) is 2.77. The summed E-state index contributed by atoms with van der Waals surface area (Å²) in [7, 11) is 0. The average Bonchev–Trinajstić information content (AvgIpc) is 3.01. The van der Waals surface area contributed by atoms with E-state index in [9.17, 15) is 4.79 Å². The molecule has 0 bridgehead atoms. The summed E-state index contributed by atoms with van der Waals surface area (Å²) >= 11 is 12.5. The minimum absolute atomic E-state index is 0.174. The zero-order valence-corrected chi connectivity index (χ0v) is 15.9. The topological polar surface area (TPSA) is 55.1 Å². The van der Waals surface area contributed by atoms with Crippen molar-refractivity contribution < 1.29 is 9.32 Å². The number of hydrogen-bond donors (Lipinski definition) is 1. The standard InChI is InChI=1S/C20H18Cl2N2O2/c1-12(14-7-4-3-5-8-14)11-23-20(25)17-13(2)26-24-19(17)18-15(21)9-6-10-16(18)22/h3-10,12H,11H2,1-2H3,(H,23,25). The van der Waals surface area contributed by atoms with Gasteiger partial charge >= 0.3 is 0 Å². The molecule has 0 aliphatic rings. The van der Waals surface area contributed by atoms with Crippen LogP contribution < -0.4 is 5.32 Å². The molecule has 2 aromatic carbocycles. The molecular formula is C20H18Cl2N2O2. The summed E-state index contributed by atoms with van der Waals surface area (Å²) in [5.74, 6) is 0.325. The molecule has 0 spiro atoms. The Hall–Kier alpha value is -2.30. The monoisotopic (exact) mass is 388 g/mol. The van der Waals surface area contributed by atoms with Crippen LogP contribution >= 0.6 is 23.2 Å². The van der Waals surface area contributed by atoms with Crippen LogP contribution in [0.5, 0.6) is 0 Å².